The van der Waals surface area contributed by atoms with Gasteiger partial charge in [-0.3, -0.25) is 14.2 Å². The standard InChI is InChI=1S/C21H17BrFN5O2/c1-27-20-17(19(22)26-27)21(30)28(12-24-20)11-16(29)25-18(13-5-3-2-4-6-13)14-7-9-15(23)10-8-14/h2-10,12,18H,11H2,1H3,(H,25,29). The van der Waals surface area contributed by atoms with Crippen LogP contribution in [0.25, 0.3) is 11.0 Å². The smallest absolute Gasteiger partial charge is 0.266 e. The molecule has 4 rings (SSSR count). The Kier molecular flexibility index (Phi) is 5.45. The van der Waals surface area contributed by atoms with E-state index >= 15 is 0 Å². The molecule has 1 amide bonds. The molecule has 0 saturated heterocycles. The minimum Gasteiger partial charge on any atom is -0.344 e. The second kappa shape index (κ2) is 8.19. The number of fused-ring (bicyclic) bond motifs is 1. The summed E-state index contributed by atoms with van der Waals surface area (Å²) in [7, 11) is 1.68. The van der Waals surface area contributed by atoms with Crippen molar-refractivity contribution >= 4 is 32.9 Å². The van der Waals surface area contributed by atoms with Crippen molar-refractivity contribution in [2.75, 3.05) is 0 Å². The third-order valence-electron chi connectivity index (χ3n) is 4.72. The number of aryl methyl sites for hydroxylation is 1. The first-order valence-corrected chi connectivity index (χ1v) is 9.91. The van der Waals surface area contributed by atoms with Crippen LogP contribution in [0.4, 0.5) is 4.39 Å². The lowest BCUT2D eigenvalue weighted by atomic mass is 9.98. The number of hydrogen-bond acceptors (Lipinski definition) is 4. The van der Waals surface area contributed by atoms with Gasteiger partial charge in [0.2, 0.25) is 5.91 Å². The van der Waals surface area contributed by atoms with Crippen LogP contribution in [0.15, 0.2) is 70.3 Å². The molecular weight excluding hydrogens is 453 g/mol. The van der Waals surface area contributed by atoms with Crippen molar-refractivity contribution in [1.82, 2.24) is 24.6 Å². The number of nitrogens with zero attached hydrogens (tertiary/aromatic N) is 4. The third-order valence-corrected chi connectivity index (χ3v) is 5.28. The van der Waals surface area contributed by atoms with E-state index in [1.807, 2.05) is 30.3 Å². The lowest BCUT2D eigenvalue weighted by Gasteiger charge is -2.20. The summed E-state index contributed by atoms with van der Waals surface area (Å²) in [5.74, 6) is -0.735. The first-order valence-electron chi connectivity index (χ1n) is 9.11. The Morgan fingerprint density at radius 3 is 2.50 bits per heavy atom. The van der Waals surface area contributed by atoms with Crippen LogP contribution < -0.4 is 10.9 Å². The van der Waals surface area contributed by atoms with Crippen LogP contribution in [0.1, 0.15) is 17.2 Å². The Balaban J connectivity index is 1.63. The number of carbonyl (C=O) groups is 1. The molecule has 2 heterocycles. The topological polar surface area (TPSA) is 81.8 Å². The SMILES string of the molecule is Cn1nc(Br)c2c(=O)n(CC(=O)NC(c3ccccc3)c3ccc(F)cc3)cnc21. The number of rotatable bonds is 5. The summed E-state index contributed by atoms with van der Waals surface area (Å²) in [6, 6.07) is 14.8. The zero-order chi connectivity index (χ0) is 21.3. The maximum absolute atomic E-state index is 13.4. The predicted molar refractivity (Wildman–Crippen MR) is 113 cm³/mol. The van der Waals surface area contributed by atoms with Crippen LogP contribution in [-0.4, -0.2) is 25.2 Å². The summed E-state index contributed by atoms with van der Waals surface area (Å²) in [5, 5.41) is 7.37. The van der Waals surface area contributed by atoms with E-state index in [0.29, 0.717) is 15.6 Å². The molecule has 0 radical (unpaired) electrons. The van der Waals surface area contributed by atoms with Gasteiger partial charge >= 0.3 is 0 Å². The highest BCUT2D eigenvalue weighted by Gasteiger charge is 2.19. The van der Waals surface area contributed by atoms with E-state index in [0.717, 1.165) is 11.1 Å². The predicted octanol–water partition coefficient (Wildman–Crippen LogP) is 2.94. The van der Waals surface area contributed by atoms with E-state index in [9.17, 15) is 14.0 Å². The maximum Gasteiger partial charge on any atom is 0.266 e. The summed E-state index contributed by atoms with van der Waals surface area (Å²) >= 11 is 3.26. The first kappa shape index (κ1) is 20.0. The van der Waals surface area contributed by atoms with Gasteiger partial charge in [0.1, 0.15) is 28.7 Å². The Labute approximate surface area is 179 Å². The molecule has 1 N–H and O–H groups in total. The molecule has 4 aromatic rings. The molecule has 0 saturated carbocycles. The second-order valence-corrected chi connectivity index (χ2v) is 7.50. The lowest BCUT2D eigenvalue weighted by Crippen LogP contribution is -2.35. The van der Waals surface area contributed by atoms with Gasteiger partial charge in [0.15, 0.2) is 5.65 Å². The molecule has 0 fully saturated rings. The number of nitrogens with one attached hydrogen (secondary N) is 1. The molecule has 9 heteroatoms. The van der Waals surface area contributed by atoms with Crippen molar-refractivity contribution in [2.24, 2.45) is 7.05 Å². The summed E-state index contributed by atoms with van der Waals surface area (Å²) in [5.41, 5.74) is 1.63. The van der Waals surface area contributed by atoms with Gasteiger partial charge in [-0.15, -0.1) is 0 Å². The van der Waals surface area contributed by atoms with E-state index in [1.54, 1.807) is 19.2 Å². The average molecular weight is 470 g/mol. The Bertz CT molecular complexity index is 1270. The number of hydrogen-bond donors (Lipinski definition) is 1. The van der Waals surface area contributed by atoms with Gasteiger partial charge in [-0.1, -0.05) is 42.5 Å². The summed E-state index contributed by atoms with van der Waals surface area (Å²) in [6.45, 7) is -0.215. The minimum absolute atomic E-state index is 0.215. The van der Waals surface area contributed by atoms with Crippen LogP contribution >= 0.6 is 15.9 Å². The van der Waals surface area contributed by atoms with Crippen molar-refractivity contribution in [3.63, 3.8) is 0 Å². The van der Waals surface area contributed by atoms with Crippen LogP contribution in [-0.2, 0) is 18.4 Å². The highest BCUT2D eigenvalue weighted by atomic mass is 79.9. The molecule has 0 aliphatic carbocycles. The van der Waals surface area contributed by atoms with E-state index in [1.165, 1.54) is 27.7 Å². The highest BCUT2D eigenvalue weighted by molar-refractivity contribution is 9.10. The van der Waals surface area contributed by atoms with Gasteiger partial charge in [0, 0.05) is 7.05 Å². The third kappa shape index (κ3) is 3.88. The van der Waals surface area contributed by atoms with Gasteiger partial charge < -0.3 is 5.32 Å². The van der Waals surface area contributed by atoms with Gasteiger partial charge in [-0.05, 0) is 39.2 Å². The zero-order valence-corrected chi connectivity index (χ0v) is 17.5. The van der Waals surface area contributed by atoms with Crippen molar-refractivity contribution < 1.29 is 9.18 Å². The maximum atomic E-state index is 13.4. The van der Waals surface area contributed by atoms with Gasteiger partial charge in [-0.2, -0.15) is 5.10 Å². The van der Waals surface area contributed by atoms with E-state index in [2.05, 4.69) is 31.3 Å². The molecular formula is C21H17BrFN5O2. The molecule has 0 bridgehead atoms. The van der Waals surface area contributed by atoms with Crippen molar-refractivity contribution in [2.45, 2.75) is 12.6 Å². The second-order valence-electron chi connectivity index (χ2n) is 6.75. The van der Waals surface area contributed by atoms with E-state index in [-0.39, 0.29) is 23.8 Å². The first-order chi connectivity index (χ1) is 14.4. The zero-order valence-electron chi connectivity index (χ0n) is 15.9. The molecule has 0 aliphatic heterocycles. The normalized spacial score (nSPS) is 12.1. The molecule has 30 heavy (non-hydrogen) atoms. The van der Waals surface area contributed by atoms with Crippen LogP contribution in [0, 0.1) is 5.82 Å². The molecule has 1 unspecified atom stereocenters. The summed E-state index contributed by atoms with van der Waals surface area (Å²) < 4.78 is 16.5. The minimum atomic E-state index is -0.489. The Hall–Kier alpha value is -3.33. The molecule has 1 atom stereocenters. The number of benzene rings is 2. The summed E-state index contributed by atoms with van der Waals surface area (Å²) in [6.07, 6.45) is 1.33. The van der Waals surface area contributed by atoms with E-state index in [4.69, 9.17) is 0 Å². The van der Waals surface area contributed by atoms with Crippen LogP contribution in [0.2, 0.25) is 0 Å². The highest BCUT2D eigenvalue weighted by Crippen LogP contribution is 2.22. The number of amides is 1. The molecule has 7 nitrogen and oxygen atoms in total. The fraction of sp³-hybridized carbons (Fsp3) is 0.143. The fourth-order valence-corrected chi connectivity index (χ4v) is 3.85. The largest absolute Gasteiger partial charge is 0.344 e. The molecule has 2 aromatic heterocycles. The quantitative estimate of drug-likeness (QED) is 0.487. The number of carbonyl (C=O) groups excluding carboxylic acids is 1. The average Bonchev–Trinajstić information content (AvgIpc) is 3.03. The van der Waals surface area contributed by atoms with Crippen molar-refractivity contribution in [3.05, 3.63) is 92.8 Å². The van der Waals surface area contributed by atoms with Crippen molar-refractivity contribution in [3.8, 4) is 0 Å². The van der Waals surface area contributed by atoms with E-state index < -0.39 is 6.04 Å². The molecule has 0 spiro atoms. The molecule has 152 valence electrons. The number of halogens is 2. The lowest BCUT2D eigenvalue weighted by molar-refractivity contribution is -0.122. The van der Waals surface area contributed by atoms with Gasteiger partial charge in [-0.25, -0.2) is 14.1 Å². The fourth-order valence-electron chi connectivity index (χ4n) is 3.27. The van der Waals surface area contributed by atoms with Crippen LogP contribution in [0.3, 0.4) is 0 Å². The molecule has 2 aromatic carbocycles. The summed E-state index contributed by atoms with van der Waals surface area (Å²) in [4.78, 5) is 29.8. The van der Waals surface area contributed by atoms with Gasteiger partial charge in [0.25, 0.3) is 5.56 Å². The van der Waals surface area contributed by atoms with Crippen molar-refractivity contribution in [1.29, 1.82) is 0 Å². The Morgan fingerprint density at radius 1 is 1.13 bits per heavy atom. The Morgan fingerprint density at radius 2 is 1.80 bits per heavy atom. The molecule has 0 aliphatic rings. The van der Waals surface area contributed by atoms with Crippen LogP contribution in [0.5, 0.6) is 0 Å². The monoisotopic (exact) mass is 469 g/mol. The number of aromatic nitrogens is 4. The van der Waals surface area contributed by atoms with Gasteiger partial charge in [0.05, 0.1) is 6.04 Å².